The normalized spacial score (nSPS) is 12.3. The van der Waals surface area contributed by atoms with E-state index in [0.29, 0.717) is 6.54 Å². The summed E-state index contributed by atoms with van der Waals surface area (Å²) in [5.41, 5.74) is 2.09. The number of carbonyl (C=O) groups excluding carboxylic acids is 1. The van der Waals surface area contributed by atoms with Crippen LogP contribution in [0, 0.1) is 13.8 Å². The second-order valence-corrected chi connectivity index (χ2v) is 7.02. The zero-order valence-corrected chi connectivity index (χ0v) is 14.1. The Labute approximate surface area is 137 Å². The molecule has 0 bridgehead atoms. The summed E-state index contributed by atoms with van der Waals surface area (Å²) in [5, 5.41) is 11.6. The molecule has 1 N–H and O–H groups in total. The molecule has 0 saturated heterocycles. The molecule has 0 saturated carbocycles. The maximum absolute atomic E-state index is 12.2. The molecule has 1 atom stereocenters. The van der Waals surface area contributed by atoms with Crippen LogP contribution in [0.25, 0.3) is 0 Å². The summed E-state index contributed by atoms with van der Waals surface area (Å²) < 4.78 is 2.00. The van der Waals surface area contributed by atoms with E-state index < -0.39 is 0 Å². The van der Waals surface area contributed by atoms with E-state index in [-0.39, 0.29) is 11.9 Å². The number of nitrogens with zero attached hydrogens (tertiary/aromatic N) is 2. The van der Waals surface area contributed by atoms with Gasteiger partial charge in [-0.1, -0.05) is 12.1 Å². The minimum absolute atomic E-state index is 0.0256. The Morgan fingerprint density at radius 1 is 1.27 bits per heavy atom. The zero-order valence-electron chi connectivity index (χ0n) is 12.4. The van der Waals surface area contributed by atoms with Crippen molar-refractivity contribution < 1.29 is 4.79 Å². The summed E-state index contributed by atoms with van der Waals surface area (Å²) in [6.07, 6.45) is 0. The number of aromatic nitrogens is 2. The third-order valence-corrected chi connectivity index (χ3v) is 5.25. The van der Waals surface area contributed by atoms with Gasteiger partial charge in [0.2, 0.25) is 0 Å². The van der Waals surface area contributed by atoms with Crippen LogP contribution < -0.4 is 5.32 Å². The smallest absolute Gasteiger partial charge is 0.261 e. The second kappa shape index (κ2) is 6.46. The van der Waals surface area contributed by atoms with E-state index in [1.807, 2.05) is 42.1 Å². The predicted octanol–water partition coefficient (Wildman–Crippen LogP) is 3.64. The molecule has 3 heterocycles. The number of rotatable bonds is 5. The van der Waals surface area contributed by atoms with Gasteiger partial charge in [0.1, 0.15) is 6.04 Å². The van der Waals surface area contributed by atoms with Crippen LogP contribution in [0.1, 0.15) is 32.0 Å². The largest absolute Gasteiger partial charge is 0.349 e. The molecule has 0 unspecified atom stereocenters. The maximum Gasteiger partial charge on any atom is 0.261 e. The number of hydrogen-bond acceptors (Lipinski definition) is 4. The van der Waals surface area contributed by atoms with E-state index in [4.69, 9.17) is 0 Å². The van der Waals surface area contributed by atoms with Gasteiger partial charge in [0.25, 0.3) is 5.91 Å². The highest BCUT2D eigenvalue weighted by molar-refractivity contribution is 7.12. The van der Waals surface area contributed by atoms with Gasteiger partial charge in [0, 0.05) is 17.1 Å². The minimum atomic E-state index is -0.0295. The van der Waals surface area contributed by atoms with Crippen molar-refractivity contribution in [3.63, 3.8) is 0 Å². The Morgan fingerprint density at radius 2 is 2.05 bits per heavy atom. The summed E-state index contributed by atoms with van der Waals surface area (Å²) in [5.74, 6) is -0.0295. The number of nitrogens with one attached hydrogen (secondary N) is 1. The fraction of sp³-hybridized carbons (Fsp3) is 0.250. The zero-order chi connectivity index (χ0) is 15.5. The van der Waals surface area contributed by atoms with E-state index in [1.54, 1.807) is 11.3 Å². The van der Waals surface area contributed by atoms with Crippen molar-refractivity contribution >= 4 is 28.6 Å². The molecule has 0 aromatic carbocycles. The van der Waals surface area contributed by atoms with Crippen LogP contribution >= 0.6 is 22.7 Å². The van der Waals surface area contributed by atoms with E-state index >= 15 is 0 Å². The first-order valence-electron chi connectivity index (χ1n) is 7.03. The van der Waals surface area contributed by atoms with E-state index in [9.17, 15) is 4.79 Å². The van der Waals surface area contributed by atoms with Crippen LogP contribution in [-0.2, 0) is 0 Å². The number of hydrogen-bond donors (Lipinski definition) is 1. The molecule has 22 heavy (non-hydrogen) atoms. The molecule has 0 aliphatic rings. The third-order valence-electron chi connectivity index (χ3n) is 3.41. The fourth-order valence-electron chi connectivity index (χ4n) is 2.43. The van der Waals surface area contributed by atoms with Crippen molar-refractivity contribution in [2.75, 3.05) is 6.54 Å². The Kier molecular flexibility index (Phi) is 4.40. The fourth-order valence-corrected chi connectivity index (χ4v) is 3.89. The SMILES string of the molecule is Cc1cc(C)n([C@@H](CNC(=O)c2cccs2)c2cccs2)n1. The van der Waals surface area contributed by atoms with Crippen molar-refractivity contribution in [3.8, 4) is 0 Å². The first kappa shape index (κ1) is 15.0. The molecule has 114 valence electrons. The van der Waals surface area contributed by atoms with E-state index in [2.05, 4.69) is 27.9 Å². The van der Waals surface area contributed by atoms with Gasteiger partial charge in [0.05, 0.1) is 10.6 Å². The summed E-state index contributed by atoms with van der Waals surface area (Å²) in [6, 6.07) is 9.92. The molecule has 3 aromatic heterocycles. The van der Waals surface area contributed by atoms with Gasteiger partial charge >= 0.3 is 0 Å². The topological polar surface area (TPSA) is 46.9 Å². The van der Waals surface area contributed by atoms with Gasteiger partial charge in [0.15, 0.2) is 0 Å². The Hall–Kier alpha value is -1.92. The summed E-state index contributed by atoms with van der Waals surface area (Å²) in [6.45, 7) is 4.56. The average molecular weight is 331 g/mol. The first-order valence-corrected chi connectivity index (χ1v) is 8.79. The van der Waals surface area contributed by atoms with Crippen molar-refractivity contribution in [2.45, 2.75) is 19.9 Å². The van der Waals surface area contributed by atoms with Gasteiger partial charge in [-0.05, 0) is 42.8 Å². The summed E-state index contributed by atoms with van der Waals surface area (Å²) in [7, 11) is 0. The third kappa shape index (κ3) is 3.13. The van der Waals surface area contributed by atoms with Crippen LogP contribution in [0.3, 0.4) is 0 Å². The molecular formula is C16H17N3OS2. The van der Waals surface area contributed by atoms with Crippen LogP contribution in [0.2, 0.25) is 0 Å². The minimum Gasteiger partial charge on any atom is -0.349 e. The molecule has 0 spiro atoms. The Morgan fingerprint density at radius 3 is 2.64 bits per heavy atom. The lowest BCUT2D eigenvalue weighted by Gasteiger charge is -2.18. The lowest BCUT2D eigenvalue weighted by atomic mass is 10.2. The van der Waals surface area contributed by atoms with Crippen LogP contribution in [0.5, 0.6) is 0 Å². The van der Waals surface area contributed by atoms with Crippen molar-refractivity contribution in [2.24, 2.45) is 0 Å². The Bertz CT molecular complexity index is 745. The molecule has 0 aliphatic heterocycles. The van der Waals surface area contributed by atoms with Gasteiger partial charge in [-0.2, -0.15) is 5.10 Å². The quantitative estimate of drug-likeness (QED) is 0.776. The number of amides is 1. The molecule has 6 heteroatoms. The van der Waals surface area contributed by atoms with E-state index in [0.717, 1.165) is 16.3 Å². The van der Waals surface area contributed by atoms with Crippen LogP contribution in [0.15, 0.2) is 41.1 Å². The molecule has 0 fully saturated rings. The van der Waals surface area contributed by atoms with Crippen LogP contribution in [-0.4, -0.2) is 22.2 Å². The number of aryl methyl sites for hydroxylation is 2. The van der Waals surface area contributed by atoms with Crippen molar-refractivity contribution in [1.82, 2.24) is 15.1 Å². The van der Waals surface area contributed by atoms with Gasteiger partial charge in [-0.3, -0.25) is 9.48 Å². The Balaban J connectivity index is 1.81. The predicted molar refractivity (Wildman–Crippen MR) is 90.8 cm³/mol. The monoisotopic (exact) mass is 331 g/mol. The van der Waals surface area contributed by atoms with Gasteiger partial charge < -0.3 is 5.32 Å². The highest BCUT2D eigenvalue weighted by atomic mass is 32.1. The highest BCUT2D eigenvalue weighted by Gasteiger charge is 2.19. The molecule has 4 nitrogen and oxygen atoms in total. The lowest BCUT2D eigenvalue weighted by molar-refractivity contribution is 0.0953. The lowest BCUT2D eigenvalue weighted by Crippen LogP contribution is -2.31. The first-order chi connectivity index (χ1) is 10.6. The maximum atomic E-state index is 12.2. The second-order valence-electron chi connectivity index (χ2n) is 5.09. The highest BCUT2D eigenvalue weighted by Crippen LogP contribution is 2.24. The average Bonchev–Trinajstić information content (AvgIpc) is 3.22. The summed E-state index contributed by atoms with van der Waals surface area (Å²) >= 11 is 3.13. The molecule has 3 rings (SSSR count). The molecular weight excluding hydrogens is 314 g/mol. The molecule has 1 amide bonds. The molecule has 3 aromatic rings. The number of thiophene rings is 2. The van der Waals surface area contributed by atoms with Crippen LogP contribution in [0.4, 0.5) is 0 Å². The standard InChI is InChI=1S/C16H17N3OS2/c1-11-9-12(2)19(18-11)13(14-5-3-7-21-14)10-17-16(20)15-6-4-8-22-15/h3-9,13H,10H2,1-2H3,(H,17,20)/t13-/m0/s1. The molecule has 0 aliphatic carbocycles. The summed E-state index contributed by atoms with van der Waals surface area (Å²) in [4.78, 5) is 14.1. The van der Waals surface area contributed by atoms with Crippen molar-refractivity contribution in [1.29, 1.82) is 0 Å². The van der Waals surface area contributed by atoms with E-state index in [1.165, 1.54) is 16.2 Å². The number of carbonyl (C=O) groups is 1. The van der Waals surface area contributed by atoms with Gasteiger partial charge in [-0.15, -0.1) is 22.7 Å². The molecule has 0 radical (unpaired) electrons. The van der Waals surface area contributed by atoms with Gasteiger partial charge in [-0.25, -0.2) is 0 Å². The van der Waals surface area contributed by atoms with Crippen molar-refractivity contribution in [3.05, 3.63) is 62.2 Å².